The fraction of sp³-hybridized carbons (Fsp3) is 0.250. The molecule has 12 heavy (non-hydrogen) atoms. The zero-order valence-electron chi connectivity index (χ0n) is 6.57. The number of nitriles is 1. The summed E-state index contributed by atoms with van der Waals surface area (Å²) in [5.74, 6) is -0.190. The zero-order valence-corrected chi connectivity index (χ0v) is 7.39. The van der Waals surface area contributed by atoms with Crippen molar-refractivity contribution in [1.29, 1.82) is 5.26 Å². The number of hydrogen-bond acceptors (Lipinski definition) is 3. The van der Waals surface area contributed by atoms with Gasteiger partial charge in [-0.1, -0.05) is 0 Å². The molecule has 1 N–H and O–H groups in total. The predicted molar refractivity (Wildman–Crippen MR) is 46.9 cm³/mol. The van der Waals surface area contributed by atoms with Crippen LogP contribution in [0.25, 0.3) is 0 Å². The van der Waals surface area contributed by atoms with Crippen molar-refractivity contribution in [2.75, 3.05) is 0 Å². The van der Waals surface area contributed by atoms with Gasteiger partial charge in [-0.2, -0.15) is 16.6 Å². The maximum atomic E-state index is 11.2. The third-order valence-corrected chi connectivity index (χ3v) is 2.01. The molecule has 1 rings (SSSR count). The monoisotopic (exact) mass is 180 g/mol. The van der Waals surface area contributed by atoms with E-state index in [2.05, 4.69) is 5.32 Å². The van der Waals surface area contributed by atoms with Crippen molar-refractivity contribution in [2.45, 2.75) is 13.0 Å². The molecule has 0 fully saturated rings. The fourth-order valence-corrected chi connectivity index (χ4v) is 1.34. The van der Waals surface area contributed by atoms with Gasteiger partial charge in [0.1, 0.15) is 6.04 Å². The number of hydrogen-bond donors (Lipinski definition) is 1. The largest absolute Gasteiger partial charge is 0.337 e. The molecule has 0 aliphatic carbocycles. The smallest absolute Gasteiger partial charge is 0.253 e. The fourth-order valence-electron chi connectivity index (χ4n) is 0.706. The first-order valence-corrected chi connectivity index (χ1v) is 4.41. The van der Waals surface area contributed by atoms with Gasteiger partial charge >= 0.3 is 0 Å². The SMILES string of the molecule is C[C@@H](C#N)NC(=O)c1ccsc1. The molecule has 0 aliphatic heterocycles. The lowest BCUT2D eigenvalue weighted by Crippen LogP contribution is -2.30. The van der Waals surface area contributed by atoms with Gasteiger partial charge in [-0.05, 0) is 18.4 Å². The Bertz CT molecular complexity index is 299. The molecule has 1 amide bonds. The van der Waals surface area contributed by atoms with Crippen molar-refractivity contribution in [3.05, 3.63) is 22.4 Å². The van der Waals surface area contributed by atoms with Crippen LogP contribution in [-0.2, 0) is 0 Å². The number of amides is 1. The maximum absolute atomic E-state index is 11.2. The number of carbonyl (C=O) groups is 1. The van der Waals surface area contributed by atoms with E-state index in [0.29, 0.717) is 5.56 Å². The van der Waals surface area contributed by atoms with Crippen LogP contribution in [0.15, 0.2) is 16.8 Å². The summed E-state index contributed by atoms with van der Waals surface area (Å²) in [5, 5.41) is 14.5. The number of nitrogens with zero attached hydrogens (tertiary/aromatic N) is 1. The second-order valence-electron chi connectivity index (χ2n) is 2.34. The summed E-state index contributed by atoms with van der Waals surface area (Å²) in [6, 6.07) is 3.22. The molecular formula is C8H8N2OS. The third-order valence-electron chi connectivity index (χ3n) is 1.32. The van der Waals surface area contributed by atoms with Gasteiger partial charge < -0.3 is 5.32 Å². The van der Waals surface area contributed by atoms with E-state index in [4.69, 9.17) is 5.26 Å². The molecule has 62 valence electrons. The van der Waals surface area contributed by atoms with Gasteiger partial charge in [0.15, 0.2) is 0 Å². The highest BCUT2D eigenvalue weighted by Gasteiger charge is 2.07. The van der Waals surface area contributed by atoms with E-state index in [9.17, 15) is 4.79 Å². The lowest BCUT2D eigenvalue weighted by molar-refractivity contribution is 0.0948. The highest BCUT2D eigenvalue weighted by molar-refractivity contribution is 7.08. The van der Waals surface area contributed by atoms with E-state index in [-0.39, 0.29) is 5.91 Å². The Hall–Kier alpha value is -1.34. The first-order valence-electron chi connectivity index (χ1n) is 3.46. The molecule has 1 aromatic rings. The van der Waals surface area contributed by atoms with Crippen LogP contribution >= 0.6 is 11.3 Å². The Kier molecular flexibility index (Phi) is 2.83. The van der Waals surface area contributed by atoms with Crippen LogP contribution in [0.2, 0.25) is 0 Å². The average molecular weight is 180 g/mol. The van der Waals surface area contributed by atoms with Crippen molar-refractivity contribution in [3.63, 3.8) is 0 Å². The molecule has 0 aliphatic rings. The topological polar surface area (TPSA) is 52.9 Å². The lowest BCUT2D eigenvalue weighted by Gasteiger charge is -2.03. The molecule has 0 saturated carbocycles. The quantitative estimate of drug-likeness (QED) is 0.747. The van der Waals surface area contributed by atoms with E-state index in [1.165, 1.54) is 11.3 Å². The van der Waals surface area contributed by atoms with Crippen molar-refractivity contribution >= 4 is 17.2 Å². The molecule has 0 spiro atoms. The van der Waals surface area contributed by atoms with Crippen LogP contribution in [0.1, 0.15) is 17.3 Å². The molecule has 1 atom stereocenters. The number of rotatable bonds is 2. The Morgan fingerprint density at radius 2 is 2.58 bits per heavy atom. The van der Waals surface area contributed by atoms with Gasteiger partial charge in [0.2, 0.25) is 0 Å². The van der Waals surface area contributed by atoms with Crippen molar-refractivity contribution in [3.8, 4) is 6.07 Å². The first kappa shape index (κ1) is 8.75. The molecule has 4 heteroatoms. The Morgan fingerprint density at radius 1 is 1.83 bits per heavy atom. The van der Waals surface area contributed by atoms with E-state index < -0.39 is 6.04 Å². The van der Waals surface area contributed by atoms with Crippen molar-refractivity contribution in [2.24, 2.45) is 0 Å². The standard InChI is InChI=1S/C8H8N2OS/c1-6(4-9)10-8(11)7-2-3-12-5-7/h2-3,5-6H,1H3,(H,10,11)/t6-/m0/s1. The summed E-state index contributed by atoms with van der Waals surface area (Å²) in [5.41, 5.74) is 0.613. The third kappa shape index (κ3) is 2.07. The van der Waals surface area contributed by atoms with Gasteiger partial charge in [0.05, 0.1) is 11.6 Å². The molecule has 1 heterocycles. The number of nitrogens with one attached hydrogen (secondary N) is 1. The average Bonchev–Trinajstić information content (AvgIpc) is 2.56. The van der Waals surface area contributed by atoms with Gasteiger partial charge in [-0.25, -0.2) is 0 Å². The number of thiophene rings is 1. The molecule has 0 saturated heterocycles. The second kappa shape index (κ2) is 3.88. The summed E-state index contributed by atoms with van der Waals surface area (Å²) < 4.78 is 0. The Morgan fingerprint density at radius 3 is 3.08 bits per heavy atom. The van der Waals surface area contributed by atoms with Gasteiger partial charge in [-0.15, -0.1) is 0 Å². The Labute approximate surface area is 74.6 Å². The second-order valence-corrected chi connectivity index (χ2v) is 3.12. The van der Waals surface area contributed by atoms with Gasteiger partial charge in [-0.3, -0.25) is 4.79 Å². The van der Waals surface area contributed by atoms with Gasteiger partial charge in [0, 0.05) is 5.38 Å². The van der Waals surface area contributed by atoms with Crippen molar-refractivity contribution < 1.29 is 4.79 Å². The van der Waals surface area contributed by atoms with E-state index >= 15 is 0 Å². The van der Waals surface area contributed by atoms with Crippen LogP contribution in [0.4, 0.5) is 0 Å². The minimum atomic E-state index is -0.433. The highest BCUT2D eigenvalue weighted by atomic mass is 32.1. The Balaban J connectivity index is 2.57. The van der Waals surface area contributed by atoms with Crippen LogP contribution in [0.5, 0.6) is 0 Å². The zero-order chi connectivity index (χ0) is 8.97. The van der Waals surface area contributed by atoms with Gasteiger partial charge in [0.25, 0.3) is 5.91 Å². The first-order chi connectivity index (χ1) is 5.74. The van der Waals surface area contributed by atoms with E-state index in [1.54, 1.807) is 18.4 Å². The number of carbonyl (C=O) groups excluding carboxylic acids is 1. The van der Waals surface area contributed by atoms with Crippen LogP contribution in [-0.4, -0.2) is 11.9 Å². The molecule has 1 aromatic heterocycles. The molecule has 0 bridgehead atoms. The molecule has 3 nitrogen and oxygen atoms in total. The summed E-state index contributed by atoms with van der Waals surface area (Å²) in [4.78, 5) is 11.2. The normalized spacial score (nSPS) is 11.7. The molecule has 0 radical (unpaired) electrons. The molecule has 0 aromatic carbocycles. The van der Waals surface area contributed by atoms with Crippen LogP contribution in [0.3, 0.4) is 0 Å². The molecule has 0 unspecified atom stereocenters. The predicted octanol–water partition coefficient (Wildman–Crippen LogP) is 1.39. The maximum Gasteiger partial charge on any atom is 0.253 e. The lowest BCUT2D eigenvalue weighted by atomic mass is 10.3. The minimum absolute atomic E-state index is 0.190. The molecular weight excluding hydrogens is 172 g/mol. The summed E-state index contributed by atoms with van der Waals surface area (Å²) in [7, 11) is 0. The van der Waals surface area contributed by atoms with E-state index in [0.717, 1.165) is 0 Å². The van der Waals surface area contributed by atoms with E-state index in [1.807, 2.05) is 11.4 Å². The highest BCUT2D eigenvalue weighted by Crippen LogP contribution is 2.05. The minimum Gasteiger partial charge on any atom is -0.337 e. The summed E-state index contributed by atoms with van der Waals surface area (Å²) in [6.45, 7) is 1.64. The summed E-state index contributed by atoms with van der Waals surface area (Å²) in [6.07, 6.45) is 0. The van der Waals surface area contributed by atoms with Crippen LogP contribution in [0, 0.1) is 11.3 Å². The van der Waals surface area contributed by atoms with Crippen LogP contribution < -0.4 is 5.32 Å². The van der Waals surface area contributed by atoms with Crippen molar-refractivity contribution in [1.82, 2.24) is 5.32 Å². The summed E-state index contributed by atoms with van der Waals surface area (Å²) >= 11 is 1.46.